The number of fused-ring (bicyclic) bond motifs is 1. The van der Waals surface area contributed by atoms with Crippen LogP contribution in [0.15, 0.2) is 48.5 Å². The van der Waals surface area contributed by atoms with E-state index in [2.05, 4.69) is 10.3 Å². The van der Waals surface area contributed by atoms with Crippen molar-refractivity contribution in [2.45, 2.75) is 12.8 Å². The fraction of sp³-hybridized carbons (Fsp3) is 0.167. The number of para-hydroxylation sites is 1. The lowest BCUT2D eigenvalue weighted by molar-refractivity contribution is -0.117. The molecular weight excluding hydrogens is 322 g/mol. The molecule has 2 amide bonds. The van der Waals surface area contributed by atoms with E-state index >= 15 is 0 Å². The Morgan fingerprint density at radius 2 is 1.92 bits per heavy atom. The van der Waals surface area contributed by atoms with Crippen molar-refractivity contribution in [2.75, 3.05) is 16.8 Å². The molecule has 0 saturated carbocycles. The summed E-state index contributed by atoms with van der Waals surface area (Å²) in [7, 11) is 0. The number of hydrogen-bond acceptors (Lipinski definition) is 4. The number of carbonyl (C=O) groups excluding carboxylic acids is 2. The minimum atomic E-state index is -0.221. The van der Waals surface area contributed by atoms with Gasteiger partial charge < -0.3 is 10.2 Å². The molecule has 1 aromatic heterocycles. The van der Waals surface area contributed by atoms with E-state index in [9.17, 15) is 9.59 Å². The Labute approximate surface area is 142 Å². The third-order valence-corrected chi connectivity index (χ3v) is 5.03. The molecule has 2 aromatic carbocycles. The second kappa shape index (κ2) is 6.05. The number of carbonyl (C=O) groups is 2. The molecule has 0 bridgehead atoms. The molecule has 1 saturated heterocycles. The molecule has 1 fully saturated rings. The third kappa shape index (κ3) is 2.76. The van der Waals surface area contributed by atoms with Crippen LogP contribution in [0, 0.1) is 0 Å². The van der Waals surface area contributed by atoms with Crippen LogP contribution in [-0.4, -0.2) is 23.3 Å². The molecule has 3 aromatic rings. The summed E-state index contributed by atoms with van der Waals surface area (Å²) in [6.07, 6.45) is 1.50. The number of nitrogens with one attached hydrogen (secondary N) is 1. The minimum Gasteiger partial charge on any atom is -0.320 e. The van der Waals surface area contributed by atoms with E-state index in [4.69, 9.17) is 0 Å². The second-order valence-electron chi connectivity index (χ2n) is 5.64. The fourth-order valence-corrected chi connectivity index (χ4v) is 3.66. The smallest absolute Gasteiger partial charge is 0.284 e. The highest BCUT2D eigenvalue weighted by Gasteiger charge is 2.21. The Hall–Kier alpha value is -2.73. The molecule has 1 aliphatic heterocycles. The van der Waals surface area contributed by atoms with Crippen molar-refractivity contribution in [1.29, 1.82) is 0 Å². The van der Waals surface area contributed by atoms with Crippen LogP contribution in [-0.2, 0) is 4.79 Å². The maximum absolute atomic E-state index is 12.3. The number of aromatic nitrogens is 1. The van der Waals surface area contributed by atoms with Gasteiger partial charge in [-0.25, -0.2) is 4.98 Å². The lowest BCUT2D eigenvalue weighted by atomic mass is 10.2. The number of anilines is 2. The van der Waals surface area contributed by atoms with E-state index in [1.54, 1.807) is 4.90 Å². The third-order valence-electron chi connectivity index (χ3n) is 4.00. The van der Waals surface area contributed by atoms with Crippen molar-refractivity contribution in [2.24, 2.45) is 0 Å². The number of amides is 2. The van der Waals surface area contributed by atoms with Crippen molar-refractivity contribution >= 4 is 44.7 Å². The van der Waals surface area contributed by atoms with Crippen LogP contribution in [0.1, 0.15) is 22.6 Å². The lowest BCUT2D eigenvalue weighted by Crippen LogP contribution is -2.23. The first kappa shape index (κ1) is 14.8. The van der Waals surface area contributed by atoms with Crippen LogP contribution in [0.2, 0.25) is 0 Å². The summed E-state index contributed by atoms with van der Waals surface area (Å²) in [5, 5.41) is 3.29. The number of thiazole rings is 1. The van der Waals surface area contributed by atoms with Crippen molar-refractivity contribution in [3.8, 4) is 0 Å². The molecule has 6 heteroatoms. The summed E-state index contributed by atoms with van der Waals surface area (Å²) < 4.78 is 0.991. The van der Waals surface area contributed by atoms with Crippen LogP contribution >= 0.6 is 11.3 Å². The normalized spacial score (nSPS) is 14.3. The Balaban J connectivity index is 1.50. The van der Waals surface area contributed by atoms with Crippen LogP contribution in [0.3, 0.4) is 0 Å². The van der Waals surface area contributed by atoms with Crippen LogP contribution in [0.4, 0.5) is 11.4 Å². The molecule has 24 heavy (non-hydrogen) atoms. The molecule has 0 atom stereocenters. The Kier molecular flexibility index (Phi) is 3.74. The molecule has 0 radical (unpaired) electrons. The highest BCUT2D eigenvalue weighted by atomic mass is 32.1. The van der Waals surface area contributed by atoms with Gasteiger partial charge in [0.05, 0.1) is 10.2 Å². The van der Waals surface area contributed by atoms with Gasteiger partial charge in [-0.1, -0.05) is 12.1 Å². The first-order valence-electron chi connectivity index (χ1n) is 7.78. The topological polar surface area (TPSA) is 62.3 Å². The Morgan fingerprint density at radius 3 is 2.62 bits per heavy atom. The molecule has 5 nitrogen and oxygen atoms in total. The quantitative estimate of drug-likeness (QED) is 0.793. The Morgan fingerprint density at radius 1 is 1.12 bits per heavy atom. The van der Waals surface area contributed by atoms with Crippen LogP contribution < -0.4 is 10.2 Å². The second-order valence-corrected chi connectivity index (χ2v) is 6.67. The Bertz CT molecular complexity index is 884. The van der Waals surface area contributed by atoms with E-state index < -0.39 is 0 Å². The van der Waals surface area contributed by atoms with Crippen LogP contribution in [0.5, 0.6) is 0 Å². The molecule has 0 unspecified atom stereocenters. The maximum atomic E-state index is 12.3. The molecular formula is C18H15N3O2S. The van der Waals surface area contributed by atoms with E-state index in [0.717, 1.165) is 28.9 Å². The van der Waals surface area contributed by atoms with Gasteiger partial charge in [0.1, 0.15) is 0 Å². The van der Waals surface area contributed by atoms with E-state index in [1.807, 2.05) is 48.5 Å². The summed E-state index contributed by atoms with van der Waals surface area (Å²) in [6.45, 7) is 0.760. The molecule has 4 rings (SSSR count). The molecule has 0 spiro atoms. The molecule has 2 heterocycles. The lowest BCUT2D eigenvalue weighted by Gasteiger charge is -2.15. The van der Waals surface area contributed by atoms with Gasteiger partial charge in [-0.05, 0) is 42.8 Å². The largest absolute Gasteiger partial charge is 0.320 e. The monoisotopic (exact) mass is 337 g/mol. The van der Waals surface area contributed by atoms with Gasteiger partial charge in [0.2, 0.25) is 5.91 Å². The van der Waals surface area contributed by atoms with E-state index in [1.165, 1.54) is 11.3 Å². The standard InChI is InChI=1S/C18H15N3O2S/c22-16-6-3-11-21(16)13-9-7-12(8-10-13)19-17(23)18-20-14-4-1-2-5-15(14)24-18/h1-2,4-5,7-10H,3,6,11H2,(H,19,23). The number of nitrogens with zero attached hydrogens (tertiary/aromatic N) is 2. The average molecular weight is 337 g/mol. The van der Waals surface area contributed by atoms with E-state index in [-0.39, 0.29) is 11.8 Å². The zero-order valence-corrected chi connectivity index (χ0v) is 13.7. The zero-order valence-electron chi connectivity index (χ0n) is 12.9. The maximum Gasteiger partial charge on any atom is 0.284 e. The minimum absolute atomic E-state index is 0.154. The number of hydrogen-bond donors (Lipinski definition) is 1. The highest BCUT2D eigenvalue weighted by molar-refractivity contribution is 7.20. The summed E-state index contributed by atoms with van der Waals surface area (Å²) in [6, 6.07) is 15.0. The summed E-state index contributed by atoms with van der Waals surface area (Å²) in [5.41, 5.74) is 2.39. The first-order chi connectivity index (χ1) is 11.7. The number of benzene rings is 2. The van der Waals surface area contributed by atoms with E-state index in [0.29, 0.717) is 17.1 Å². The van der Waals surface area contributed by atoms with Gasteiger partial charge in [0, 0.05) is 24.3 Å². The van der Waals surface area contributed by atoms with Crippen molar-refractivity contribution < 1.29 is 9.59 Å². The fourth-order valence-electron chi connectivity index (χ4n) is 2.80. The van der Waals surface area contributed by atoms with Crippen molar-refractivity contribution in [3.05, 3.63) is 53.5 Å². The molecule has 120 valence electrons. The van der Waals surface area contributed by atoms with Gasteiger partial charge in [-0.2, -0.15) is 0 Å². The van der Waals surface area contributed by atoms with Crippen LogP contribution in [0.25, 0.3) is 10.2 Å². The average Bonchev–Trinajstić information content (AvgIpc) is 3.21. The predicted octanol–water partition coefficient (Wildman–Crippen LogP) is 3.68. The predicted molar refractivity (Wildman–Crippen MR) is 95.6 cm³/mol. The van der Waals surface area contributed by atoms with Gasteiger partial charge in [-0.3, -0.25) is 9.59 Å². The highest BCUT2D eigenvalue weighted by Crippen LogP contribution is 2.25. The van der Waals surface area contributed by atoms with Gasteiger partial charge in [0.25, 0.3) is 5.91 Å². The molecule has 1 aliphatic rings. The van der Waals surface area contributed by atoms with Gasteiger partial charge in [-0.15, -0.1) is 11.3 Å². The van der Waals surface area contributed by atoms with Gasteiger partial charge >= 0.3 is 0 Å². The summed E-state index contributed by atoms with van der Waals surface area (Å²) in [4.78, 5) is 30.2. The molecule has 1 N–H and O–H groups in total. The number of rotatable bonds is 3. The van der Waals surface area contributed by atoms with Gasteiger partial charge in [0.15, 0.2) is 5.01 Å². The van der Waals surface area contributed by atoms with Crippen molar-refractivity contribution in [1.82, 2.24) is 4.98 Å². The molecule has 0 aliphatic carbocycles. The first-order valence-corrected chi connectivity index (χ1v) is 8.60. The summed E-state index contributed by atoms with van der Waals surface area (Å²) in [5.74, 6) is -0.0672. The summed E-state index contributed by atoms with van der Waals surface area (Å²) >= 11 is 1.37. The zero-order chi connectivity index (χ0) is 16.5. The SMILES string of the molecule is O=C(Nc1ccc(N2CCCC2=O)cc1)c1nc2ccccc2s1. The van der Waals surface area contributed by atoms with Crippen molar-refractivity contribution in [3.63, 3.8) is 0 Å².